The van der Waals surface area contributed by atoms with Crippen molar-refractivity contribution in [2.75, 3.05) is 32.8 Å². The lowest BCUT2D eigenvalue weighted by molar-refractivity contribution is -0.127. The van der Waals surface area contributed by atoms with Crippen LogP contribution in [-0.4, -0.2) is 54.7 Å². The highest BCUT2D eigenvalue weighted by Gasteiger charge is 2.35. The van der Waals surface area contributed by atoms with Crippen molar-refractivity contribution in [1.29, 1.82) is 0 Å². The van der Waals surface area contributed by atoms with E-state index in [0.29, 0.717) is 52.0 Å². The van der Waals surface area contributed by atoms with E-state index in [1.54, 1.807) is 49.6 Å². The molecule has 0 aliphatic rings. The number of methoxy groups -OCH3 is 3. The molecule has 1 N–H and O–H groups in total. The number of hydrogen-bond donors (Lipinski definition) is 1. The van der Waals surface area contributed by atoms with E-state index < -0.39 is 11.9 Å². The van der Waals surface area contributed by atoms with Crippen molar-refractivity contribution < 1.29 is 23.8 Å². The summed E-state index contributed by atoms with van der Waals surface area (Å²) in [6, 6.07) is 18.6. The zero-order chi connectivity index (χ0) is 28.6. The molecule has 0 fully saturated rings. The minimum absolute atomic E-state index is 0.166. The standard InChI is InChI=1S/C30H35N5O5/c1-20(2)15-16-31-30(37)29(21-9-8-10-22(17-21)38-3)35(26-18-23(39-4)13-14-27(26)40-5)28(36)19-34-25-12-7-6-11-24(25)32-33-34/h6-14,17-18,20,29H,15-16,19H2,1-5H3,(H,31,37)/t29-/m0/s1. The SMILES string of the molecule is COc1cccc([C@@H](C(=O)NCCC(C)C)N(C(=O)Cn2nnc3ccccc32)c2cc(OC)ccc2OC)c1. The van der Waals surface area contributed by atoms with Gasteiger partial charge < -0.3 is 19.5 Å². The lowest BCUT2D eigenvalue weighted by Gasteiger charge is -2.33. The molecule has 40 heavy (non-hydrogen) atoms. The van der Waals surface area contributed by atoms with Crippen LogP contribution in [0.4, 0.5) is 5.69 Å². The second-order valence-corrected chi connectivity index (χ2v) is 9.69. The number of aromatic nitrogens is 3. The Kier molecular flexibility index (Phi) is 9.21. The van der Waals surface area contributed by atoms with Gasteiger partial charge in [0.2, 0.25) is 11.8 Å². The van der Waals surface area contributed by atoms with E-state index in [1.807, 2.05) is 24.3 Å². The Morgan fingerprint density at radius 2 is 1.68 bits per heavy atom. The molecule has 4 rings (SSSR count). The van der Waals surface area contributed by atoms with Crippen molar-refractivity contribution in [3.05, 3.63) is 72.3 Å². The van der Waals surface area contributed by atoms with E-state index in [0.717, 1.165) is 6.42 Å². The van der Waals surface area contributed by atoms with Crippen LogP contribution >= 0.6 is 0 Å². The van der Waals surface area contributed by atoms with Gasteiger partial charge in [-0.1, -0.05) is 43.3 Å². The van der Waals surface area contributed by atoms with E-state index in [9.17, 15) is 9.59 Å². The summed E-state index contributed by atoms with van der Waals surface area (Å²) in [5.74, 6) is 1.13. The van der Waals surface area contributed by atoms with Crippen LogP contribution < -0.4 is 24.4 Å². The Hall–Kier alpha value is -4.60. The van der Waals surface area contributed by atoms with E-state index in [1.165, 1.54) is 23.8 Å². The van der Waals surface area contributed by atoms with Crippen molar-refractivity contribution in [3.8, 4) is 17.2 Å². The molecule has 10 nitrogen and oxygen atoms in total. The van der Waals surface area contributed by atoms with Crippen molar-refractivity contribution in [3.63, 3.8) is 0 Å². The summed E-state index contributed by atoms with van der Waals surface area (Å²) < 4.78 is 18.1. The van der Waals surface area contributed by atoms with Gasteiger partial charge in [0.05, 0.1) is 32.5 Å². The Morgan fingerprint density at radius 3 is 2.40 bits per heavy atom. The first-order valence-corrected chi connectivity index (χ1v) is 13.1. The molecular weight excluding hydrogens is 510 g/mol. The van der Waals surface area contributed by atoms with Gasteiger partial charge in [0.15, 0.2) is 0 Å². The van der Waals surface area contributed by atoms with Crippen LogP contribution in [-0.2, 0) is 16.1 Å². The predicted octanol–water partition coefficient (Wildman–Crippen LogP) is 4.39. The largest absolute Gasteiger partial charge is 0.497 e. The summed E-state index contributed by atoms with van der Waals surface area (Å²) >= 11 is 0. The summed E-state index contributed by atoms with van der Waals surface area (Å²) in [6.07, 6.45) is 0.790. The van der Waals surface area contributed by atoms with Gasteiger partial charge in [0.1, 0.15) is 35.4 Å². The molecule has 1 heterocycles. The van der Waals surface area contributed by atoms with E-state index in [2.05, 4.69) is 29.5 Å². The minimum atomic E-state index is -1.05. The Balaban J connectivity index is 1.86. The van der Waals surface area contributed by atoms with Crippen LogP contribution in [0.1, 0.15) is 31.9 Å². The molecule has 10 heteroatoms. The molecule has 0 radical (unpaired) electrons. The van der Waals surface area contributed by atoms with E-state index in [-0.39, 0.29) is 12.5 Å². The normalized spacial score (nSPS) is 11.8. The van der Waals surface area contributed by atoms with Crippen molar-refractivity contribution in [2.24, 2.45) is 5.92 Å². The number of para-hydroxylation sites is 1. The molecule has 4 aromatic rings. The van der Waals surface area contributed by atoms with Gasteiger partial charge >= 0.3 is 0 Å². The van der Waals surface area contributed by atoms with Gasteiger partial charge in [0.25, 0.3) is 0 Å². The van der Waals surface area contributed by atoms with Crippen LogP contribution in [0, 0.1) is 5.92 Å². The second-order valence-electron chi connectivity index (χ2n) is 9.69. The topological polar surface area (TPSA) is 108 Å². The third-order valence-corrected chi connectivity index (χ3v) is 6.56. The monoisotopic (exact) mass is 545 g/mol. The molecule has 0 aliphatic heterocycles. The number of nitrogens with one attached hydrogen (secondary N) is 1. The molecule has 0 spiro atoms. The molecule has 1 atom stereocenters. The number of rotatable bonds is 12. The Labute approximate surface area is 233 Å². The molecule has 0 saturated heterocycles. The molecule has 210 valence electrons. The van der Waals surface area contributed by atoms with Crippen LogP contribution in [0.25, 0.3) is 11.0 Å². The first-order valence-electron chi connectivity index (χ1n) is 13.1. The van der Waals surface area contributed by atoms with Gasteiger partial charge in [-0.25, -0.2) is 4.68 Å². The van der Waals surface area contributed by atoms with Crippen molar-refractivity contribution in [2.45, 2.75) is 32.9 Å². The molecular formula is C30H35N5O5. The van der Waals surface area contributed by atoms with Crippen LogP contribution in [0.15, 0.2) is 66.7 Å². The fourth-order valence-corrected chi connectivity index (χ4v) is 4.45. The van der Waals surface area contributed by atoms with Gasteiger partial charge in [0, 0.05) is 12.6 Å². The number of carbonyl (C=O) groups is 2. The zero-order valence-electron chi connectivity index (χ0n) is 23.5. The van der Waals surface area contributed by atoms with Gasteiger partial charge in [-0.3, -0.25) is 14.5 Å². The number of fused-ring (bicyclic) bond motifs is 1. The van der Waals surface area contributed by atoms with Crippen LogP contribution in [0.5, 0.6) is 17.2 Å². The number of amides is 2. The van der Waals surface area contributed by atoms with Gasteiger partial charge in [-0.2, -0.15) is 0 Å². The second kappa shape index (κ2) is 13.0. The van der Waals surface area contributed by atoms with Crippen LogP contribution in [0.2, 0.25) is 0 Å². The summed E-state index contributed by atoms with van der Waals surface area (Å²) in [4.78, 5) is 29.7. The summed E-state index contributed by atoms with van der Waals surface area (Å²) in [6.45, 7) is 4.47. The number of anilines is 1. The maximum Gasteiger partial charge on any atom is 0.249 e. The number of carbonyl (C=O) groups excluding carboxylic acids is 2. The molecule has 0 bridgehead atoms. The first kappa shape index (κ1) is 28.4. The van der Waals surface area contributed by atoms with Gasteiger partial charge in [-0.05, 0) is 54.3 Å². The molecule has 2 amide bonds. The Morgan fingerprint density at radius 1 is 0.925 bits per heavy atom. The quantitative estimate of drug-likeness (QED) is 0.281. The molecule has 3 aromatic carbocycles. The van der Waals surface area contributed by atoms with Crippen molar-refractivity contribution in [1.82, 2.24) is 20.3 Å². The molecule has 0 saturated carbocycles. The summed E-state index contributed by atoms with van der Waals surface area (Å²) in [7, 11) is 4.61. The number of nitrogens with zero attached hydrogens (tertiary/aromatic N) is 4. The highest BCUT2D eigenvalue weighted by Crippen LogP contribution is 2.38. The molecule has 1 aromatic heterocycles. The van der Waals surface area contributed by atoms with E-state index in [4.69, 9.17) is 14.2 Å². The summed E-state index contributed by atoms with van der Waals surface area (Å²) in [5.41, 5.74) is 2.32. The zero-order valence-corrected chi connectivity index (χ0v) is 23.5. The third-order valence-electron chi connectivity index (χ3n) is 6.56. The maximum atomic E-state index is 14.3. The average Bonchev–Trinajstić information content (AvgIpc) is 3.37. The minimum Gasteiger partial charge on any atom is -0.497 e. The summed E-state index contributed by atoms with van der Waals surface area (Å²) in [5, 5.41) is 11.4. The van der Waals surface area contributed by atoms with Gasteiger partial charge in [-0.15, -0.1) is 5.10 Å². The number of ether oxygens (including phenoxy) is 3. The number of hydrogen-bond acceptors (Lipinski definition) is 7. The lowest BCUT2D eigenvalue weighted by Crippen LogP contribution is -2.45. The highest BCUT2D eigenvalue weighted by atomic mass is 16.5. The fraction of sp³-hybridized carbons (Fsp3) is 0.333. The Bertz CT molecular complexity index is 1470. The predicted molar refractivity (Wildman–Crippen MR) is 153 cm³/mol. The van der Waals surface area contributed by atoms with E-state index >= 15 is 0 Å². The average molecular weight is 546 g/mol. The van der Waals surface area contributed by atoms with Crippen molar-refractivity contribution >= 4 is 28.5 Å². The fourth-order valence-electron chi connectivity index (χ4n) is 4.45. The molecule has 0 aliphatic carbocycles. The smallest absolute Gasteiger partial charge is 0.249 e. The molecule has 0 unspecified atom stereocenters. The lowest BCUT2D eigenvalue weighted by atomic mass is 10.0. The van der Waals surface area contributed by atoms with Crippen LogP contribution in [0.3, 0.4) is 0 Å². The maximum absolute atomic E-state index is 14.3. The first-order chi connectivity index (χ1) is 19.4. The number of benzene rings is 3. The third kappa shape index (κ3) is 6.33. The highest BCUT2D eigenvalue weighted by molar-refractivity contribution is 6.02.